The summed E-state index contributed by atoms with van der Waals surface area (Å²) in [6, 6.07) is 13.2. The van der Waals surface area contributed by atoms with Gasteiger partial charge in [0.2, 0.25) is 23.5 Å². The highest BCUT2D eigenvalue weighted by Crippen LogP contribution is 2.29. The summed E-state index contributed by atoms with van der Waals surface area (Å²) in [6.07, 6.45) is 3.33. The molecule has 10 heteroatoms. The van der Waals surface area contributed by atoms with Gasteiger partial charge in [0, 0.05) is 43.2 Å². The number of rotatable bonds is 8. The molecule has 2 aliphatic heterocycles. The number of halogens is 2. The van der Waals surface area contributed by atoms with Crippen LogP contribution in [0.2, 0.25) is 10.0 Å². The van der Waals surface area contributed by atoms with Gasteiger partial charge in [-0.25, -0.2) is 0 Å². The number of carbonyl (C=O) groups is 2. The van der Waals surface area contributed by atoms with Gasteiger partial charge >= 0.3 is 0 Å². The Morgan fingerprint density at radius 2 is 1.95 bits per heavy atom. The molecule has 37 heavy (non-hydrogen) atoms. The van der Waals surface area contributed by atoms with E-state index in [9.17, 15) is 9.59 Å². The molecule has 2 aromatic carbocycles. The molecule has 1 atom stereocenters. The first kappa shape index (κ1) is 25.7. The number of likely N-dealkylation sites (tertiary alicyclic amines) is 2. The zero-order chi connectivity index (χ0) is 25.8. The van der Waals surface area contributed by atoms with Gasteiger partial charge in [0.25, 0.3) is 0 Å². The van der Waals surface area contributed by atoms with Gasteiger partial charge in [0.15, 0.2) is 0 Å². The van der Waals surface area contributed by atoms with Crippen LogP contribution in [-0.2, 0) is 29.2 Å². The van der Waals surface area contributed by atoms with E-state index in [0.717, 1.165) is 43.5 Å². The van der Waals surface area contributed by atoms with Crippen LogP contribution in [0.15, 0.2) is 47.0 Å². The minimum absolute atomic E-state index is 0.0454. The summed E-state index contributed by atoms with van der Waals surface area (Å²) in [6.45, 7) is 3.87. The van der Waals surface area contributed by atoms with Crippen molar-refractivity contribution in [1.82, 2.24) is 25.3 Å². The molecule has 1 N–H and O–H groups in total. The predicted molar refractivity (Wildman–Crippen MR) is 141 cm³/mol. The van der Waals surface area contributed by atoms with Crippen molar-refractivity contribution in [2.75, 3.05) is 19.6 Å². The lowest BCUT2D eigenvalue weighted by atomic mass is 9.97. The maximum atomic E-state index is 13.0. The van der Waals surface area contributed by atoms with Crippen molar-refractivity contribution in [3.05, 3.63) is 69.5 Å². The van der Waals surface area contributed by atoms with Crippen LogP contribution in [0.1, 0.15) is 42.7 Å². The first-order valence-corrected chi connectivity index (χ1v) is 13.3. The molecule has 1 aromatic heterocycles. The van der Waals surface area contributed by atoms with E-state index in [1.165, 1.54) is 0 Å². The van der Waals surface area contributed by atoms with E-state index in [4.69, 9.17) is 27.7 Å². The lowest BCUT2D eigenvalue weighted by Crippen LogP contribution is -2.42. The van der Waals surface area contributed by atoms with Gasteiger partial charge in [-0.3, -0.25) is 14.5 Å². The number of aromatic nitrogens is 2. The summed E-state index contributed by atoms with van der Waals surface area (Å²) in [4.78, 5) is 33.4. The quantitative estimate of drug-likeness (QED) is 0.444. The second kappa shape index (κ2) is 11.6. The number of hydrogen-bond donors (Lipinski definition) is 1. The number of amides is 2. The van der Waals surface area contributed by atoms with Gasteiger partial charge in [-0.1, -0.05) is 52.6 Å². The van der Waals surface area contributed by atoms with Crippen molar-refractivity contribution >= 4 is 35.0 Å². The van der Waals surface area contributed by atoms with Gasteiger partial charge in [-0.05, 0) is 55.1 Å². The maximum Gasteiger partial charge on any atom is 0.241 e. The highest BCUT2D eigenvalue weighted by Gasteiger charge is 2.27. The van der Waals surface area contributed by atoms with Crippen molar-refractivity contribution in [1.29, 1.82) is 0 Å². The summed E-state index contributed by atoms with van der Waals surface area (Å²) in [5, 5.41) is 8.16. The van der Waals surface area contributed by atoms with Gasteiger partial charge in [-0.2, -0.15) is 4.98 Å². The van der Waals surface area contributed by atoms with Gasteiger partial charge in [0.05, 0.1) is 17.5 Å². The van der Waals surface area contributed by atoms with E-state index >= 15 is 0 Å². The molecule has 5 rings (SSSR count). The Labute approximate surface area is 225 Å². The number of nitrogens with zero attached hydrogens (tertiary/aromatic N) is 4. The Bertz CT molecular complexity index is 1280. The number of hydrogen-bond acceptors (Lipinski definition) is 6. The third-order valence-corrected chi connectivity index (χ3v) is 7.43. The molecule has 2 fully saturated rings. The van der Waals surface area contributed by atoms with Crippen molar-refractivity contribution in [3.8, 4) is 11.4 Å². The molecule has 3 aromatic rings. The predicted octanol–water partition coefficient (Wildman–Crippen LogP) is 4.69. The fourth-order valence-electron chi connectivity index (χ4n) is 4.97. The van der Waals surface area contributed by atoms with Crippen molar-refractivity contribution in [2.45, 2.75) is 45.3 Å². The lowest BCUT2D eigenvalue weighted by molar-refractivity contribution is -0.128. The molecule has 2 saturated heterocycles. The molecule has 1 unspecified atom stereocenters. The normalized spacial score (nSPS) is 18.4. The smallest absolute Gasteiger partial charge is 0.241 e. The number of benzene rings is 2. The van der Waals surface area contributed by atoms with Crippen LogP contribution >= 0.6 is 23.2 Å². The average Bonchev–Trinajstić information content (AvgIpc) is 3.51. The Hall–Kier alpha value is -2.94. The third-order valence-electron chi connectivity index (χ3n) is 6.88. The third kappa shape index (κ3) is 6.50. The van der Waals surface area contributed by atoms with Crippen molar-refractivity contribution in [3.63, 3.8) is 0 Å². The SMILES string of the molecule is O=C(NCc1cccc(CN2CCCC2=O)c1)C1CCCN(Cc2nc(-c3ccc(Cl)cc3Cl)no2)C1. The second-order valence-electron chi connectivity index (χ2n) is 9.67. The number of carbonyl (C=O) groups excluding carboxylic acids is 2. The standard InChI is InChI=1S/C27H29Cl2N5O3/c28-21-8-9-22(23(29)13-21)26-31-24(37-32-26)17-33-10-2-6-20(16-33)27(36)30-14-18-4-1-5-19(12-18)15-34-11-3-7-25(34)35/h1,4-5,8-9,12-13,20H,2-3,6-7,10-11,14-17H2,(H,30,36). The molecule has 0 saturated carbocycles. The first-order valence-electron chi connectivity index (χ1n) is 12.6. The van der Waals surface area contributed by atoms with Crippen molar-refractivity contribution in [2.24, 2.45) is 5.92 Å². The highest BCUT2D eigenvalue weighted by molar-refractivity contribution is 6.36. The van der Waals surface area contributed by atoms with Gasteiger partial charge in [0.1, 0.15) is 0 Å². The molecule has 0 radical (unpaired) electrons. The van der Waals surface area contributed by atoms with Gasteiger partial charge in [-0.15, -0.1) is 0 Å². The van der Waals surface area contributed by atoms with E-state index in [-0.39, 0.29) is 17.7 Å². The molecular weight excluding hydrogens is 513 g/mol. The van der Waals surface area contributed by atoms with Crippen LogP contribution in [0, 0.1) is 5.92 Å². The van der Waals surface area contributed by atoms with E-state index in [2.05, 4.69) is 26.4 Å². The fourth-order valence-corrected chi connectivity index (χ4v) is 5.46. The van der Waals surface area contributed by atoms with Crippen LogP contribution in [0.5, 0.6) is 0 Å². The lowest BCUT2D eigenvalue weighted by Gasteiger charge is -2.30. The van der Waals surface area contributed by atoms with E-state index in [1.807, 2.05) is 23.1 Å². The van der Waals surface area contributed by atoms with E-state index in [0.29, 0.717) is 59.9 Å². The van der Waals surface area contributed by atoms with E-state index < -0.39 is 0 Å². The molecule has 2 amide bonds. The number of piperidine rings is 1. The molecule has 0 aliphatic carbocycles. The van der Waals surface area contributed by atoms with E-state index in [1.54, 1.807) is 18.2 Å². The molecule has 0 bridgehead atoms. The molecule has 3 heterocycles. The Balaban J connectivity index is 1.13. The molecular formula is C27H29Cl2N5O3. The zero-order valence-corrected chi connectivity index (χ0v) is 22.0. The van der Waals surface area contributed by atoms with Crippen LogP contribution in [0.25, 0.3) is 11.4 Å². The summed E-state index contributed by atoms with van der Waals surface area (Å²) in [5.74, 6) is 1.05. The Kier molecular flexibility index (Phi) is 8.08. The second-order valence-corrected chi connectivity index (χ2v) is 10.5. The van der Waals surface area contributed by atoms with Crippen LogP contribution in [-0.4, -0.2) is 51.4 Å². The highest BCUT2D eigenvalue weighted by atomic mass is 35.5. The monoisotopic (exact) mass is 541 g/mol. The summed E-state index contributed by atoms with van der Waals surface area (Å²) >= 11 is 12.2. The Morgan fingerprint density at radius 1 is 1.08 bits per heavy atom. The summed E-state index contributed by atoms with van der Waals surface area (Å²) in [5.41, 5.74) is 2.78. The van der Waals surface area contributed by atoms with Gasteiger partial charge < -0.3 is 14.7 Å². The summed E-state index contributed by atoms with van der Waals surface area (Å²) < 4.78 is 5.45. The van der Waals surface area contributed by atoms with Crippen LogP contribution in [0.3, 0.4) is 0 Å². The molecule has 0 spiro atoms. The Morgan fingerprint density at radius 3 is 2.76 bits per heavy atom. The number of nitrogens with one attached hydrogen (secondary N) is 1. The van der Waals surface area contributed by atoms with Crippen LogP contribution < -0.4 is 5.32 Å². The van der Waals surface area contributed by atoms with Crippen molar-refractivity contribution < 1.29 is 14.1 Å². The maximum absolute atomic E-state index is 13.0. The zero-order valence-electron chi connectivity index (χ0n) is 20.5. The topological polar surface area (TPSA) is 91.6 Å². The average molecular weight is 542 g/mol. The van der Waals surface area contributed by atoms with Crippen LogP contribution in [0.4, 0.5) is 0 Å². The summed E-state index contributed by atoms with van der Waals surface area (Å²) in [7, 11) is 0. The molecule has 2 aliphatic rings. The fraction of sp³-hybridized carbons (Fsp3) is 0.407. The largest absolute Gasteiger partial charge is 0.352 e. The first-order chi connectivity index (χ1) is 17.9. The minimum Gasteiger partial charge on any atom is -0.352 e. The molecule has 8 nitrogen and oxygen atoms in total. The molecule has 194 valence electrons. The minimum atomic E-state index is -0.104.